The van der Waals surface area contributed by atoms with Gasteiger partial charge in [0.05, 0.1) is 4.90 Å². The molecule has 2 aromatic carbocycles. The van der Waals surface area contributed by atoms with Crippen molar-refractivity contribution in [1.82, 2.24) is 14.9 Å². The van der Waals surface area contributed by atoms with Gasteiger partial charge in [0.2, 0.25) is 5.91 Å². The van der Waals surface area contributed by atoms with Crippen LogP contribution < -0.4 is 14.5 Å². The van der Waals surface area contributed by atoms with E-state index in [1.807, 2.05) is 11.8 Å². The molecule has 2 aliphatic heterocycles. The third-order valence-electron chi connectivity index (χ3n) is 7.14. The Bertz CT molecular complexity index is 1420. The first kappa shape index (κ1) is 25.9. The van der Waals surface area contributed by atoms with Crippen molar-refractivity contribution >= 4 is 33.1 Å². The quantitative estimate of drug-likeness (QED) is 0.515. The summed E-state index contributed by atoms with van der Waals surface area (Å²) in [4.78, 5) is 27.7. The SMILES string of the molecule is Cc1nccc(NS(=O)(=O)c2ccc(N3CCN(C(=O)[C@@H](C)N4CCCc5cc(F)ccc54)CC3)cc2)n1. The summed E-state index contributed by atoms with van der Waals surface area (Å²) in [6.07, 6.45) is 3.21. The monoisotopic (exact) mass is 538 g/mol. The molecule has 1 aromatic heterocycles. The highest BCUT2D eigenvalue weighted by molar-refractivity contribution is 7.92. The fraction of sp³-hybridized carbons (Fsp3) is 0.370. The number of amides is 1. The largest absolute Gasteiger partial charge is 0.368 e. The highest BCUT2D eigenvalue weighted by Gasteiger charge is 2.31. The Balaban J connectivity index is 1.19. The van der Waals surface area contributed by atoms with Gasteiger partial charge in [0, 0.05) is 50.3 Å². The lowest BCUT2D eigenvalue weighted by Gasteiger charge is -2.41. The summed E-state index contributed by atoms with van der Waals surface area (Å²) in [6, 6.07) is 12.7. The molecule has 0 spiro atoms. The molecule has 1 fully saturated rings. The number of aromatic nitrogens is 2. The van der Waals surface area contributed by atoms with Crippen LogP contribution in [0, 0.1) is 12.7 Å². The Morgan fingerprint density at radius 3 is 2.47 bits per heavy atom. The maximum atomic E-state index is 13.7. The average molecular weight is 539 g/mol. The van der Waals surface area contributed by atoms with Crippen LogP contribution in [0.25, 0.3) is 0 Å². The van der Waals surface area contributed by atoms with Crippen LogP contribution >= 0.6 is 0 Å². The van der Waals surface area contributed by atoms with E-state index in [2.05, 4.69) is 24.5 Å². The molecular weight excluding hydrogens is 507 g/mol. The molecule has 9 nitrogen and oxygen atoms in total. The van der Waals surface area contributed by atoms with Gasteiger partial charge in [-0.05, 0) is 80.8 Å². The lowest BCUT2D eigenvalue weighted by molar-refractivity contribution is -0.132. The van der Waals surface area contributed by atoms with Crippen molar-refractivity contribution in [3.05, 3.63) is 71.9 Å². The number of hydrogen-bond donors (Lipinski definition) is 1. The fourth-order valence-corrected chi connectivity index (χ4v) is 6.13. The molecular formula is C27H31FN6O3S. The molecule has 11 heteroatoms. The predicted octanol–water partition coefficient (Wildman–Crippen LogP) is 3.21. The van der Waals surface area contributed by atoms with Gasteiger partial charge in [0.15, 0.2) is 0 Å². The van der Waals surface area contributed by atoms with Crippen molar-refractivity contribution in [3.8, 4) is 0 Å². The minimum atomic E-state index is -3.78. The number of nitrogens with zero attached hydrogens (tertiary/aromatic N) is 5. The molecule has 0 saturated carbocycles. The van der Waals surface area contributed by atoms with Crippen LogP contribution in [0.3, 0.4) is 0 Å². The molecule has 1 saturated heterocycles. The molecule has 5 rings (SSSR count). The van der Waals surface area contributed by atoms with Crippen LogP contribution in [-0.2, 0) is 21.2 Å². The molecule has 3 heterocycles. The summed E-state index contributed by atoms with van der Waals surface area (Å²) in [5.41, 5.74) is 2.79. The van der Waals surface area contributed by atoms with Crippen molar-refractivity contribution in [2.75, 3.05) is 47.2 Å². The van der Waals surface area contributed by atoms with Gasteiger partial charge in [-0.2, -0.15) is 0 Å². The molecule has 2 aliphatic rings. The van der Waals surface area contributed by atoms with Crippen LogP contribution in [0.15, 0.2) is 59.6 Å². The molecule has 0 unspecified atom stereocenters. The minimum Gasteiger partial charge on any atom is -0.368 e. The zero-order valence-electron chi connectivity index (χ0n) is 21.5. The maximum absolute atomic E-state index is 13.7. The molecule has 1 amide bonds. The number of aryl methyl sites for hydroxylation is 2. The van der Waals surface area contributed by atoms with Crippen molar-refractivity contribution in [3.63, 3.8) is 0 Å². The summed E-state index contributed by atoms with van der Waals surface area (Å²) in [5, 5.41) is 0. The van der Waals surface area contributed by atoms with E-state index in [-0.39, 0.29) is 28.5 Å². The molecule has 1 N–H and O–H groups in total. The molecule has 1 atom stereocenters. The van der Waals surface area contributed by atoms with E-state index in [0.717, 1.165) is 36.3 Å². The Hall–Kier alpha value is -3.73. The number of halogens is 1. The summed E-state index contributed by atoms with van der Waals surface area (Å²) >= 11 is 0. The predicted molar refractivity (Wildman–Crippen MR) is 144 cm³/mol. The van der Waals surface area contributed by atoms with Gasteiger partial charge in [-0.15, -0.1) is 0 Å². The Morgan fingerprint density at radius 2 is 1.76 bits per heavy atom. The zero-order valence-corrected chi connectivity index (χ0v) is 22.3. The van der Waals surface area contributed by atoms with E-state index >= 15 is 0 Å². The van der Waals surface area contributed by atoms with Gasteiger partial charge in [0.25, 0.3) is 10.0 Å². The Morgan fingerprint density at radius 1 is 1.03 bits per heavy atom. The summed E-state index contributed by atoms with van der Waals surface area (Å²) in [6.45, 7) is 6.81. The van der Waals surface area contributed by atoms with Crippen molar-refractivity contribution in [2.24, 2.45) is 0 Å². The van der Waals surface area contributed by atoms with E-state index in [0.29, 0.717) is 32.0 Å². The van der Waals surface area contributed by atoms with Crippen LogP contribution in [0.5, 0.6) is 0 Å². The van der Waals surface area contributed by atoms with Gasteiger partial charge in [-0.1, -0.05) is 0 Å². The average Bonchev–Trinajstić information content (AvgIpc) is 2.91. The van der Waals surface area contributed by atoms with E-state index in [1.165, 1.54) is 18.3 Å². The van der Waals surface area contributed by atoms with Gasteiger partial charge >= 0.3 is 0 Å². The molecule has 38 heavy (non-hydrogen) atoms. The lowest BCUT2D eigenvalue weighted by atomic mass is 9.99. The second kappa shape index (κ2) is 10.6. The highest BCUT2D eigenvalue weighted by Crippen LogP contribution is 2.30. The van der Waals surface area contributed by atoms with Crippen LogP contribution in [-0.4, -0.2) is 68.0 Å². The normalized spacial score (nSPS) is 16.7. The first-order valence-corrected chi connectivity index (χ1v) is 14.2. The first-order chi connectivity index (χ1) is 18.2. The summed E-state index contributed by atoms with van der Waals surface area (Å²) in [7, 11) is -3.78. The van der Waals surface area contributed by atoms with E-state index in [4.69, 9.17) is 0 Å². The number of carbonyl (C=O) groups is 1. The minimum absolute atomic E-state index is 0.0642. The third kappa shape index (κ3) is 5.42. The lowest BCUT2D eigenvalue weighted by Crippen LogP contribution is -2.55. The number of piperazine rings is 1. The van der Waals surface area contributed by atoms with E-state index in [1.54, 1.807) is 43.3 Å². The molecule has 0 bridgehead atoms. The van der Waals surface area contributed by atoms with Gasteiger partial charge in [0.1, 0.15) is 23.5 Å². The number of carbonyl (C=O) groups excluding carboxylic acids is 1. The maximum Gasteiger partial charge on any atom is 0.263 e. The Labute approximate surface area is 222 Å². The number of nitrogens with one attached hydrogen (secondary N) is 1. The van der Waals surface area contributed by atoms with E-state index in [9.17, 15) is 17.6 Å². The van der Waals surface area contributed by atoms with Gasteiger partial charge < -0.3 is 14.7 Å². The van der Waals surface area contributed by atoms with Crippen molar-refractivity contribution in [1.29, 1.82) is 0 Å². The molecule has 200 valence electrons. The number of rotatable bonds is 6. The van der Waals surface area contributed by atoms with E-state index < -0.39 is 10.0 Å². The topological polar surface area (TPSA) is 98.7 Å². The molecule has 3 aromatic rings. The van der Waals surface area contributed by atoms with Crippen LogP contribution in [0.4, 0.5) is 21.6 Å². The van der Waals surface area contributed by atoms with Crippen molar-refractivity contribution < 1.29 is 17.6 Å². The number of benzene rings is 2. The fourth-order valence-electron chi connectivity index (χ4n) is 5.13. The van der Waals surface area contributed by atoms with Gasteiger partial charge in [-0.25, -0.2) is 22.8 Å². The molecule has 0 aliphatic carbocycles. The smallest absolute Gasteiger partial charge is 0.263 e. The Kier molecular flexibility index (Phi) is 7.20. The number of fused-ring (bicyclic) bond motifs is 1. The van der Waals surface area contributed by atoms with Gasteiger partial charge in [-0.3, -0.25) is 9.52 Å². The second-order valence-electron chi connectivity index (χ2n) is 9.65. The molecule has 0 radical (unpaired) electrons. The summed E-state index contributed by atoms with van der Waals surface area (Å²) < 4.78 is 41.7. The standard InChI is InChI=1S/C27H31FN6O3S/c1-19(34-13-3-4-21-18-22(28)5-10-25(21)34)27(35)33-16-14-32(15-17-33)23-6-8-24(9-7-23)38(36,37)31-26-11-12-29-20(2)30-26/h5-12,18-19H,3-4,13-17H2,1-2H3,(H,29,30,31)/t19-/m1/s1. The zero-order chi connectivity index (χ0) is 26.9. The first-order valence-electron chi connectivity index (χ1n) is 12.7. The second-order valence-corrected chi connectivity index (χ2v) is 11.3. The number of hydrogen-bond acceptors (Lipinski definition) is 7. The van der Waals surface area contributed by atoms with Crippen LogP contribution in [0.2, 0.25) is 0 Å². The summed E-state index contributed by atoms with van der Waals surface area (Å²) in [5.74, 6) is 0.512. The number of anilines is 3. The van der Waals surface area contributed by atoms with Crippen molar-refractivity contribution in [2.45, 2.75) is 37.6 Å². The highest BCUT2D eigenvalue weighted by atomic mass is 32.2. The third-order valence-corrected chi connectivity index (χ3v) is 8.51. The number of sulfonamides is 1. The van der Waals surface area contributed by atoms with Crippen LogP contribution in [0.1, 0.15) is 24.7 Å².